The second-order valence-electron chi connectivity index (χ2n) is 4.53. The summed E-state index contributed by atoms with van der Waals surface area (Å²) >= 11 is 1.44. The van der Waals surface area contributed by atoms with Gasteiger partial charge in [0.25, 0.3) is 0 Å². The number of thioether (sulfide) groups is 1. The maximum Gasteiger partial charge on any atom is 0.180 e. The minimum Gasteiger partial charge on any atom is -0.496 e. The highest BCUT2D eigenvalue weighted by molar-refractivity contribution is 8.13. The molecule has 0 saturated heterocycles. The Balaban J connectivity index is 2.02. The van der Waals surface area contributed by atoms with E-state index < -0.39 is 0 Å². The van der Waals surface area contributed by atoms with Gasteiger partial charge in [-0.25, -0.2) is 0 Å². The molecule has 2 aromatic carbocycles. The maximum absolute atomic E-state index is 5.86. The summed E-state index contributed by atoms with van der Waals surface area (Å²) in [5.41, 5.74) is 7.77. The van der Waals surface area contributed by atoms with E-state index in [1.807, 2.05) is 48.5 Å². The quantitative estimate of drug-likeness (QED) is 0.501. The van der Waals surface area contributed by atoms with Crippen LogP contribution >= 0.6 is 11.8 Å². The van der Waals surface area contributed by atoms with Gasteiger partial charge in [0.1, 0.15) is 11.5 Å². The van der Waals surface area contributed by atoms with E-state index >= 15 is 0 Å². The van der Waals surface area contributed by atoms with E-state index in [0.29, 0.717) is 16.7 Å². The van der Waals surface area contributed by atoms with Gasteiger partial charge in [-0.05, 0) is 17.7 Å². The molecule has 6 heteroatoms. The molecule has 0 bridgehead atoms. The van der Waals surface area contributed by atoms with Crippen molar-refractivity contribution in [2.24, 2.45) is 15.9 Å². The van der Waals surface area contributed by atoms with Crippen molar-refractivity contribution in [2.75, 3.05) is 14.2 Å². The molecule has 0 aliphatic carbocycles. The molecule has 0 heterocycles. The molecule has 0 atom stereocenters. The number of benzene rings is 2. The highest BCUT2D eigenvalue weighted by atomic mass is 32.2. The molecule has 0 amide bonds. The average molecular weight is 329 g/mol. The van der Waals surface area contributed by atoms with Gasteiger partial charge in [0.05, 0.1) is 26.0 Å². The molecule has 2 N–H and O–H groups in total. The van der Waals surface area contributed by atoms with Gasteiger partial charge in [0.15, 0.2) is 5.17 Å². The van der Waals surface area contributed by atoms with Crippen molar-refractivity contribution < 1.29 is 9.47 Å². The zero-order valence-electron chi connectivity index (χ0n) is 13.1. The molecule has 23 heavy (non-hydrogen) atoms. The third-order valence-electron chi connectivity index (χ3n) is 3.04. The Hall–Kier alpha value is -2.47. The van der Waals surface area contributed by atoms with Crippen molar-refractivity contribution in [3.8, 4) is 11.5 Å². The molecule has 0 saturated carbocycles. The number of nitrogens with two attached hydrogens (primary N) is 1. The van der Waals surface area contributed by atoms with Crippen molar-refractivity contribution in [3.63, 3.8) is 0 Å². The molecule has 0 aromatic heterocycles. The van der Waals surface area contributed by atoms with Crippen LogP contribution in [0.25, 0.3) is 0 Å². The summed E-state index contributed by atoms with van der Waals surface area (Å²) < 4.78 is 10.6. The van der Waals surface area contributed by atoms with E-state index in [-0.39, 0.29) is 0 Å². The van der Waals surface area contributed by atoms with Crippen LogP contribution < -0.4 is 15.2 Å². The lowest BCUT2D eigenvalue weighted by molar-refractivity contribution is 0.393. The van der Waals surface area contributed by atoms with E-state index in [1.54, 1.807) is 20.4 Å². The molecule has 120 valence electrons. The maximum atomic E-state index is 5.86. The smallest absolute Gasteiger partial charge is 0.180 e. The van der Waals surface area contributed by atoms with Crippen LogP contribution in [0.3, 0.4) is 0 Å². The molecule has 0 aliphatic heterocycles. The second kappa shape index (κ2) is 8.85. The van der Waals surface area contributed by atoms with Crippen LogP contribution in [0.1, 0.15) is 11.1 Å². The summed E-state index contributed by atoms with van der Waals surface area (Å²) in [6.07, 6.45) is 1.58. The van der Waals surface area contributed by atoms with Crippen molar-refractivity contribution in [1.82, 2.24) is 0 Å². The van der Waals surface area contributed by atoms with E-state index in [4.69, 9.17) is 15.2 Å². The van der Waals surface area contributed by atoms with Crippen molar-refractivity contribution in [1.29, 1.82) is 0 Å². The van der Waals surface area contributed by atoms with Gasteiger partial charge < -0.3 is 15.2 Å². The highest BCUT2D eigenvalue weighted by Gasteiger charge is 2.06. The lowest BCUT2D eigenvalue weighted by Gasteiger charge is -2.08. The second-order valence-corrected chi connectivity index (χ2v) is 5.53. The Morgan fingerprint density at radius 3 is 2.30 bits per heavy atom. The van der Waals surface area contributed by atoms with Crippen LogP contribution in [-0.4, -0.2) is 25.6 Å². The summed E-state index contributed by atoms with van der Waals surface area (Å²) in [5.74, 6) is 2.08. The van der Waals surface area contributed by atoms with Crippen LogP contribution in [0, 0.1) is 0 Å². The fraction of sp³-hybridized carbons (Fsp3) is 0.176. The van der Waals surface area contributed by atoms with Gasteiger partial charge in [-0.1, -0.05) is 48.2 Å². The molecular weight excluding hydrogens is 310 g/mol. The van der Waals surface area contributed by atoms with Crippen LogP contribution in [0.15, 0.2) is 58.7 Å². The lowest BCUT2D eigenvalue weighted by Crippen LogP contribution is -2.06. The van der Waals surface area contributed by atoms with Crippen LogP contribution in [-0.2, 0) is 5.75 Å². The first-order chi connectivity index (χ1) is 11.2. The number of methoxy groups -OCH3 is 2. The third kappa shape index (κ3) is 5.03. The van der Waals surface area contributed by atoms with Crippen LogP contribution in [0.5, 0.6) is 11.5 Å². The van der Waals surface area contributed by atoms with Crippen molar-refractivity contribution in [3.05, 3.63) is 59.7 Å². The van der Waals surface area contributed by atoms with E-state index in [9.17, 15) is 0 Å². The SMILES string of the molecule is COc1cccc(OC)c1C=NN=C(N)SCc1ccccc1. The predicted molar refractivity (Wildman–Crippen MR) is 96.5 cm³/mol. The van der Waals surface area contributed by atoms with Crippen LogP contribution in [0.2, 0.25) is 0 Å². The fourth-order valence-corrected chi connectivity index (χ4v) is 2.52. The monoisotopic (exact) mass is 329 g/mol. The summed E-state index contributed by atoms with van der Waals surface area (Å²) in [4.78, 5) is 0. The Morgan fingerprint density at radius 1 is 1.04 bits per heavy atom. The number of hydrogen-bond donors (Lipinski definition) is 1. The minimum absolute atomic E-state index is 0.402. The molecular formula is C17H19N3O2S. The van der Waals surface area contributed by atoms with Gasteiger partial charge in [-0.3, -0.25) is 0 Å². The van der Waals surface area contributed by atoms with Gasteiger partial charge in [0, 0.05) is 5.75 Å². The first kappa shape index (κ1) is 16.9. The van der Waals surface area contributed by atoms with Gasteiger partial charge in [-0.15, -0.1) is 5.10 Å². The van der Waals surface area contributed by atoms with Crippen molar-refractivity contribution >= 4 is 23.1 Å². The largest absolute Gasteiger partial charge is 0.496 e. The molecule has 5 nitrogen and oxygen atoms in total. The Morgan fingerprint density at radius 2 is 1.70 bits per heavy atom. The number of amidine groups is 1. The molecule has 0 spiro atoms. The number of nitrogens with zero attached hydrogens (tertiary/aromatic N) is 2. The summed E-state index contributed by atoms with van der Waals surface area (Å²) in [6.45, 7) is 0. The molecule has 0 radical (unpaired) electrons. The molecule has 0 unspecified atom stereocenters. The average Bonchev–Trinajstić information content (AvgIpc) is 2.60. The number of rotatable bonds is 6. The highest BCUT2D eigenvalue weighted by Crippen LogP contribution is 2.26. The fourth-order valence-electron chi connectivity index (χ4n) is 1.91. The van der Waals surface area contributed by atoms with E-state index in [0.717, 1.165) is 11.3 Å². The lowest BCUT2D eigenvalue weighted by atomic mass is 10.2. The number of ether oxygens (including phenoxy) is 2. The summed E-state index contributed by atoms with van der Waals surface area (Å²) in [7, 11) is 3.19. The minimum atomic E-state index is 0.402. The van der Waals surface area contributed by atoms with Crippen molar-refractivity contribution in [2.45, 2.75) is 5.75 Å². The van der Waals surface area contributed by atoms with E-state index in [1.165, 1.54) is 17.3 Å². The molecule has 0 aliphatic rings. The zero-order valence-corrected chi connectivity index (χ0v) is 13.9. The normalized spacial score (nSPS) is 11.7. The zero-order chi connectivity index (χ0) is 16.5. The molecule has 2 aromatic rings. The summed E-state index contributed by atoms with van der Waals surface area (Å²) in [6, 6.07) is 15.6. The van der Waals surface area contributed by atoms with E-state index in [2.05, 4.69) is 10.2 Å². The third-order valence-corrected chi connectivity index (χ3v) is 3.89. The molecule has 2 rings (SSSR count). The summed E-state index contributed by atoms with van der Waals surface area (Å²) in [5, 5.41) is 8.43. The molecule has 0 fully saturated rings. The van der Waals surface area contributed by atoms with Crippen LogP contribution in [0.4, 0.5) is 0 Å². The number of hydrogen-bond acceptors (Lipinski definition) is 5. The van der Waals surface area contributed by atoms with Gasteiger partial charge in [0.2, 0.25) is 0 Å². The van der Waals surface area contributed by atoms with Gasteiger partial charge in [-0.2, -0.15) is 5.10 Å². The first-order valence-electron chi connectivity index (χ1n) is 6.98. The standard InChI is InChI=1S/C17H19N3O2S/c1-21-15-9-6-10-16(22-2)14(15)11-19-20-17(18)23-12-13-7-4-3-5-8-13/h3-11H,12H2,1-2H3,(H2,18,20). The first-order valence-corrected chi connectivity index (χ1v) is 7.97. The Labute approximate surface area is 140 Å². The topological polar surface area (TPSA) is 69.2 Å². The predicted octanol–water partition coefficient (Wildman–Crippen LogP) is 3.29. The Kier molecular flexibility index (Phi) is 6.50. The van der Waals surface area contributed by atoms with Gasteiger partial charge >= 0.3 is 0 Å². The Bertz CT molecular complexity index is 665.